The lowest BCUT2D eigenvalue weighted by Crippen LogP contribution is -2.48. The molecule has 0 unspecified atom stereocenters. The van der Waals surface area contributed by atoms with Crippen molar-refractivity contribution in [3.63, 3.8) is 0 Å². The number of morpholine rings is 1. The maximum Gasteiger partial charge on any atom is 0.137 e. The van der Waals surface area contributed by atoms with Gasteiger partial charge in [0.2, 0.25) is 0 Å². The van der Waals surface area contributed by atoms with Gasteiger partial charge in [-0.3, -0.25) is 14.5 Å². The van der Waals surface area contributed by atoms with Gasteiger partial charge in [0.05, 0.1) is 25.4 Å². The summed E-state index contributed by atoms with van der Waals surface area (Å²) in [6, 6.07) is 10.3. The molecular formula is C18H27N5O2. The third-order valence-electron chi connectivity index (χ3n) is 4.37. The van der Waals surface area contributed by atoms with Gasteiger partial charge in [0, 0.05) is 32.7 Å². The lowest BCUT2D eigenvalue weighted by atomic mass is 10.2. The van der Waals surface area contributed by atoms with Crippen molar-refractivity contribution < 1.29 is 9.84 Å². The fourth-order valence-corrected chi connectivity index (χ4v) is 3.27. The van der Waals surface area contributed by atoms with Crippen LogP contribution in [0, 0.1) is 0 Å². The Morgan fingerprint density at radius 1 is 1.36 bits per heavy atom. The monoisotopic (exact) mass is 345 g/mol. The molecule has 1 aliphatic heterocycles. The van der Waals surface area contributed by atoms with E-state index in [-0.39, 0.29) is 12.2 Å². The molecule has 2 heterocycles. The van der Waals surface area contributed by atoms with Crippen LogP contribution in [-0.2, 0) is 17.8 Å². The van der Waals surface area contributed by atoms with E-state index in [1.165, 1.54) is 11.9 Å². The molecule has 0 aliphatic carbocycles. The molecule has 0 bridgehead atoms. The normalized spacial score (nSPS) is 20.0. The van der Waals surface area contributed by atoms with Gasteiger partial charge in [-0.05, 0) is 12.6 Å². The molecule has 1 aromatic heterocycles. The standard InChI is InChI=1S/C18H27N5O2/c1-21(9-16-5-3-2-4-6-16)10-17(24)11-22-7-8-25-18(12-22)13-23-15-19-14-20-23/h2-6,14-15,17-18,24H,7-13H2,1H3/t17-,18-/m1/s1. The summed E-state index contributed by atoms with van der Waals surface area (Å²) in [7, 11) is 2.04. The van der Waals surface area contributed by atoms with Crippen LogP contribution >= 0.6 is 0 Å². The topological polar surface area (TPSA) is 66.7 Å². The molecule has 0 saturated carbocycles. The number of nitrogens with zero attached hydrogens (tertiary/aromatic N) is 5. The quantitative estimate of drug-likeness (QED) is 0.750. The molecule has 25 heavy (non-hydrogen) atoms. The number of hydrogen-bond acceptors (Lipinski definition) is 6. The fraction of sp³-hybridized carbons (Fsp3) is 0.556. The van der Waals surface area contributed by atoms with E-state index in [1.807, 2.05) is 25.2 Å². The Hall–Kier alpha value is -1.80. The predicted octanol–water partition coefficient (Wildman–Crippen LogP) is 0.472. The van der Waals surface area contributed by atoms with Crippen LogP contribution in [0.5, 0.6) is 0 Å². The van der Waals surface area contributed by atoms with E-state index in [0.717, 1.165) is 19.6 Å². The number of aliphatic hydroxyl groups excluding tert-OH is 1. The Kier molecular flexibility index (Phi) is 6.52. The van der Waals surface area contributed by atoms with Crippen molar-refractivity contribution >= 4 is 0 Å². The molecule has 1 saturated heterocycles. The highest BCUT2D eigenvalue weighted by molar-refractivity contribution is 5.14. The molecule has 1 aromatic carbocycles. The van der Waals surface area contributed by atoms with Gasteiger partial charge in [0.15, 0.2) is 0 Å². The Labute approximate surface area is 148 Å². The summed E-state index contributed by atoms with van der Waals surface area (Å²) in [5, 5.41) is 14.6. The highest BCUT2D eigenvalue weighted by Gasteiger charge is 2.23. The Morgan fingerprint density at radius 3 is 2.96 bits per heavy atom. The van der Waals surface area contributed by atoms with Crippen LogP contribution in [0.2, 0.25) is 0 Å². The van der Waals surface area contributed by atoms with Gasteiger partial charge in [-0.25, -0.2) is 4.98 Å². The number of likely N-dealkylation sites (N-methyl/N-ethyl adjacent to an activating group) is 1. The van der Waals surface area contributed by atoms with Gasteiger partial charge >= 0.3 is 0 Å². The molecule has 2 atom stereocenters. The summed E-state index contributed by atoms with van der Waals surface area (Å²) in [6.45, 7) is 5.20. The number of hydrogen-bond donors (Lipinski definition) is 1. The fourth-order valence-electron chi connectivity index (χ4n) is 3.27. The molecule has 7 heteroatoms. The van der Waals surface area contributed by atoms with Gasteiger partial charge in [-0.2, -0.15) is 5.10 Å². The van der Waals surface area contributed by atoms with Gasteiger partial charge in [0.25, 0.3) is 0 Å². The molecule has 7 nitrogen and oxygen atoms in total. The van der Waals surface area contributed by atoms with Crippen molar-refractivity contribution in [2.24, 2.45) is 0 Å². The van der Waals surface area contributed by atoms with Crippen LogP contribution in [0.3, 0.4) is 0 Å². The Balaban J connectivity index is 1.41. The average molecular weight is 345 g/mol. The van der Waals surface area contributed by atoms with Crippen LogP contribution < -0.4 is 0 Å². The third kappa shape index (κ3) is 5.89. The molecule has 0 amide bonds. The lowest BCUT2D eigenvalue weighted by Gasteiger charge is -2.34. The number of ether oxygens (including phenoxy) is 1. The molecule has 1 fully saturated rings. The van der Waals surface area contributed by atoms with Crippen molar-refractivity contribution in [2.75, 3.05) is 39.8 Å². The van der Waals surface area contributed by atoms with E-state index in [2.05, 4.69) is 32.0 Å². The summed E-state index contributed by atoms with van der Waals surface area (Å²) < 4.78 is 7.59. The zero-order valence-electron chi connectivity index (χ0n) is 14.7. The van der Waals surface area contributed by atoms with Crippen molar-refractivity contribution in [3.05, 3.63) is 48.5 Å². The van der Waals surface area contributed by atoms with E-state index in [1.54, 1.807) is 11.0 Å². The van der Waals surface area contributed by atoms with Crippen molar-refractivity contribution in [1.82, 2.24) is 24.6 Å². The largest absolute Gasteiger partial charge is 0.390 e. The first kappa shape index (κ1) is 18.0. The number of rotatable bonds is 8. The van der Waals surface area contributed by atoms with Crippen LogP contribution in [0.15, 0.2) is 43.0 Å². The molecular weight excluding hydrogens is 318 g/mol. The zero-order chi connectivity index (χ0) is 17.5. The van der Waals surface area contributed by atoms with E-state index in [9.17, 15) is 5.11 Å². The first-order chi connectivity index (χ1) is 12.2. The molecule has 1 N–H and O–H groups in total. The second-order valence-corrected chi connectivity index (χ2v) is 6.71. The van der Waals surface area contributed by atoms with Crippen LogP contribution in [0.25, 0.3) is 0 Å². The second-order valence-electron chi connectivity index (χ2n) is 6.71. The maximum atomic E-state index is 10.4. The summed E-state index contributed by atoms with van der Waals surface area (Å²) >= 11 is 0. The number of β-amino-alcohol motifs (C(OH)–C–C–N with tert-alkyl or cyclic N) is 1. The molecule has 1 aliphatic rings. The summed E-state index contributed by atoms with van der Waals surface area (Å²) in [4.78, 5) is 8.39. The predicted molar refractivity (Wildman–Crippen MR) is 95.0 cm³/mol. The average Bonchev–Trinajstić information content (AvgIpc) is 3.08. The Bertz CT molecular complexity index is 607. The van der Waals surface area contributed by atoms with Gasteiger partial charge in [-0.1, -0.05) is 30.3 Å². The van der Waals surface area contributed by atoms with E-state index in [0.29, 0.717) is 26.2 Å². The van der Waals surface area contributed by atoms with Crippen molar-refractivity contribution in [3.8, 4) is 0 Å². The molecule has 136 valence electrons. The number of benzene rings is 1. The highest BCUT2D eigenvalue weighted by Crippen LogP contribution is 2.09. The van der Waals surface area contributed by atoms with E-state index in [4.69, 9.17) is 4.74 Å². The summed E-state index contributed by atoms with van der Waals surface area (Å²) in [5.74, 6) is 0. The first-order valence-corrected chi connectivity index (χ1v) is 8.76. The van der Waals surface area contributed by atoms with Crippen LogP contribution in [0.1, 0.15) is 5.56 Å². The van der Waals surface area contributed by atoms with E-state index < -0.39 is 0 Å². The lowest BCUT2D eigenvalue weighted by molar-refractivity contribution is -0.0504. The summed E-state index contributed by atoms with van der Waals surface area (Å²) in [6.07, 6.45) is 2.95. The Morgan fingerprint density at radius 2 is 2.20 bits per heavy atom. The molecule has 0 radical (unpaired) electrons. The minimum atomic E-state index is -0.376. The maximum absolute atomic E-state index is 10.4. The zero-order valence-corrected chi connectivity index (χ0v) is 14.7. The highest BCUT2D eigenvalue weighted by atomic mass is 16.5. The molecule has 0 spiro atoms. The van der Waals surface area contributed by atoms with E-state index >= 15 is 0 Å². The van der Waals surface area contributed by atoms with Crippen LogP contribution in [-0.4, -0.2) is 81.7 Å². The number of aliphatic hydroxyl groups is 1. The SMILES string of the molecule is CN(Cc1ccccc1)C[C@@H](O)CN1CCO[C@@H](Cn2cncn2)C1. The van der Waals surface area contributed by atoms with Crippen molar-refractivity contribution in [2.45, 2.75) is 25.3 Å². The smallest absolute Gasteiger partial charge is 0.137 e. The third-order valence-corrected chi connectivity index (χ3v) is 4.37. The summed E-state index contributed by atoms with van der Waals surface area (Å²) in [5.41, 5.74) is 1.26. The number of aromatic nitrogens is 3. The molecule has 3 rings (SSSR count). The van der Waals surface area contributed by atoms with Gasteiger partial charge in [0.1, 0.15) is 12.7 Å². The minimum Gasteiger partial charge on any atom is -0.390 e. The van der Waals surface area contributed by atoms with Crippen molar-refractivity contribution in [1.29, 1.82) is 0 Å². The first-order valence-electron chi connectivity index (χ1n) is 8.76. The second kappa shape index (κ2) is 9.05. The van der Waals surface area contributed by atoms with Gasteiger partial charge < -0.3 is 9.84 Å². The van der Waals surface area contributed by atoms with Gasteiger partial charge in [-0.15, -0.1) is 0 Å². The van der Waals surface area contributed by atoms with Crippen LogP contribution in [0.4, 0.5) is 0 Å². The molecule has 2 aromatic rings. The minimum absolute atomic E-state index is 0.0877.